The second-order valence-corrected chi connectivity index (χ2v) is 5.52. The van der Waals surface area contributed by atoms with Gasteiger partial charge in [-0.2, -0.15) is 0 Å². The van der Waals surface area contributed by atoms with Crippen molar-refractivity contribution in [1.82, 2.24) is 14.7 Å². The highest BCUT2D eigenvalue weighted by atomic mass is 15.0. The van der Waals surface area contributed by atoms with Crippen LogP contribution in [0.1, 0.15) is 56.8 Å². The summed E-state index contributed by atoms with van der Waals surface area (Å²) in [4.78, 5) is 4.58. The minimum Gasteiger partial charge on any atom is -0.311 e. The smallest absolute Gasteiger partial charge is 0.137 e. The number of fused-ring (bicyclic) bond motifs is 1. The molecule has 0 saturated heterocycles. The summed E-state index contributed by atoms with van der Waals surface area (Å²) in [6.07, 6.45) is 10.2. The summed E-state index contributed by atoms with van der Waals surface area (Å²) in [6, 6.07) is 6.16. The average Bonchev–Trinajstić information content (AvgIpc) is 2.78. The van der Waals surface area contributed by atoms with E-state index in [1.807, 2.05) is 6.07 Å². The number of hydrogen-bond donors (Lipinski definition) is 1. The number of rotatable bonds is 9. The Balaban J connectivity index is 1.72. The van der Waals surface area contributed by atoms with Crippen LogP contribution in [0, 0.1) is 6.92 Å². The number of aromatic nitrogens is 2. The normalized spacial score (nSPS) is 11.3. The molecular formula is C17H27N3. The predicted octanol–water partition coefficient (Wildman–Crippen LogP) is 4.09. The molecule has 0 spiro atoms. The largest absolute Gasteiger partial charge is 0.311 e. The molecule has 0 aliphatic heterocycles. The van der Waals surface area contributed by atoms with Crippen LogP contribution in [0.25, 0.3) is 5.65 Å². The van der Waals surface area contributed by atoms with Gasteiger partial charge >= 0.3 is 0 Å². The van der Waals surface area contributed by atoms with Gasteiger partial charge < -0.3 is 9.72 Å². The van der Waals surface area contributed by atoms with Crippen molar-refractivity contribution in [3.05, 3.63) is 35.8 Å². The van der Waals surface area contributed by atoms with E-state index in [0.717, 1.165) is 24.4 Å². The Bertz CT molecular complexity index is 516. The lowest BCUT2D eigenvalue weighted by molar-refractivity contribution is 0.568. The number of aryl methyl sites for hydroxylation is 1. The Morgan fingerprint density at radius 1 is 1.10 bits per heavy atom. The Morgan fingerprint density at radius 2 is 1.90 bits per heavy atom. The molecule has 0 unspecified atom stereocenters. The molecule has 0 aromatic carbocycles. The van der Waals surface area contributed by atoms with Crippen LogP contribution in [0.15, 0.2) is 24.4 Å². The van der Waals surface area contributed by atoms with Gasteiger partial charge in [-0.1, -0.05) is 45.1 Å². The van der Waals surface area contributed by atoms with Crippen LogP contribution >= 0.6 is 0 Å². The van der Waals surface area contributed by atoms with Crippen molar-refractivity contribution in [3.63, 3.8) is 0 Å². The Labute approximate surface area is 122 Å². The zero-order valence-corrected chi connectivity index (χ0v) is 12.9. The van der Waals surface area contributed by atoms with Gasteiger partial charge in [0.1, 0.15) is 5.65 Å². The topological polar surface area (TPSA) is 29.3 Å². The standard InChI is InChI=1S/C17H27N3/c1-3-4-5-6-7-9-12-18-14-16-15(2)19-17-11-8-10-13-20(16)17/h8,10-11,13,18H,3-7,9,12,14H2,1-2H3. The average molecular weight is 273 g/mol. The van der Waals surface area contributed by atoms with Gasteiger partial charge in [-0.05, 0) is 32.0 Å². The van der Waals surface area contributed by atoms with E-state index in [4.69, 9.17) is 0 Å². The van der Waals surface area contributed by atoms with Crippen molar-refractivity contribution in [3.8, 4) is 0 Å². The minimum absolute atomic E-state index is 0.909. The van der Waals surface area contributed by atoms with Gasteiger partial charge in [0.25, 0.3) is 0 Å². The van der Waals surface area contributed by atoms with Crippen LogP contribution in [0.3, 0.4) is 0 Å². The molecule has 2 aromatic rings. The third kappa shape index (κ3) is 4.07. The fourth-order valence-electron chi connectivity index (χ4n) is 2.61. The Kier molecular flexibility index (Phi) is 6.06. The van der Waals surface area contributed by atoms with Gasteiger partial charge in [-0.15, -0.1) is 0 Å². The highest BCUT2D eigenvalue weighted by molar-refractivity contribution is 5.42. The number of unbranched alkanes of at least 4 members (excludes halogenated alkanes) is 5. The van der Waals surface area contributed by atoms with Gasteiger partial charge in [-0.25, -0.2) is 4.98 Å². The molecule has 0 aliphatic rings. The zero-order chi connectivity index (χ0) is 14.2. The number of pyridine rings is 1. The molecule has 1 N–H and O–H groups in total. The summed E-state index contributed by atoms with van der Waals surface area (Å²) in [5.74, 6) is 0. The minimum atomic E-state index is 0.909. The molecule has 0 radical (unpaired) electrons. The highest BCUT2D eigenvalue weighted by Gasteiger charge is 2.06. The number of hydrogen-bond acceptors (Lipinski definition) is 2. The van der Waals surface area contributed by atoms with Gasteiger partial charge in [0.2, 0.25) is 0 Å². The first kappa shape index (κ1) is 15.0. The number of nitrogens with one attached hydrogen (secondary N) is 1. The maximum atomic E-state index is 4.58. The Morgan fingerprint density at radius 3 is 2.75 bits per heavy atom. The maximum absolute atomic E-state index is 4.58. The second kappa shape index (κ2) is 8.05. The van der Waals surface area contributed by atoms with Crippen LogP contribution < -0.4 is 5.32 Å². The molecule has 0 bridgehead atoms. The zero-order valence-electron chi connectivity index (χ0n) is 12.9. The predicted molar refractivity (Wildman–Crippen MR) is 85.0 cm³/mol. The van der Waals surface area contributed by atoms with Crippen LogP contribution in [0.4, 0.5) is 0 Å². The molecule has 2 aromatic heterocycles. The SMILES string of the molecule is CCCCCCCCNCc1c(C)nc2ccccn12. The van der Waals surface area contributed by atoms with Gasteiger partial charge in [0.05, 0.1) is 11.4 Å². The van der Waals surface area contributed by atoms with Crippen LogP contribution in [-0.4, -0.2) is 15.9 Å². The van der Waals surface area contributed by atoms with Gasteiger partial charge in [-0.3, -0.25) is 0 Å². The Hall–Kier alpha value is -1.35. The monoisotopic (exact) mass is 273 g/mol. The third-order valence-electron chi connectivity index (χ3n) is 3.83. The van der Waals surface area contributed by atoms with E-state index in [0.29, 0.717) is 0 Å². The fraction of sp³-hybridized carbons (Fsp3) is 0.588. The lowest BCUT2D eigenvalue weighted by Crippen LogP contribution is -2.16. The molecule has 0 fully saturated rings. The third-order valence-corrected chi connectivity index (χ3v) is 3.83. The first-order valence-electron chi connectivity index (χ1n) is 7.96. The van der Waals surface area contributed by atoms with Crippen molar-refractivity contribution in [1.29, 1.82) is 0 Å². The molecule has 110 valence electrons. The first-order valence-corrected chi connectivity index (χ1v) is 7.96. The molecule has 0 atom stereocenters. The summed E-state index contributed by atoms with van der Waals surface area (Å²) in [7, 11) is 0. The molecule has 0 saturated carbocycles. The summed E-state index contributed by atoms with van der Waals surface area (Å²) < 4.78 is 2.18. The molecule has 3 heteroatoms. The molecule has 0 amide bonds. The van der Waals surface area contributed by atoms with Gasteiger partial charge in [0, 0.05) is 12.7 Å². The molecule has 2 rings (SSSR count). The van der Waals surface area contributed by atoms with Crippen molar-refractivity contribution < 1.29 is 0 Å². The summed E-state index contributed by atoms with van der Waals surface area (Å²) in [6.45, 7) is 6.37. The molecule has 3 nitrogen and oxygen atoms in total. The van der Waals surface area contributed by atoms with E-state index < -0.39 is 0 Å². The van der Waals surface area contributed by atoms with Crippen LogP contribution in [-0.2, 0) is 6.54 Å². The van der Waals surface area contributed by atoms with Crippen molar-refractivity contribution >= 4 is 5.65 Å². The molecule has 20 heavy (non-hydrogen) atoms. The van der Waals surface area contributed by atoms with Crippen LogP contribution in [0.2, 0.25) is 0 Å². The second-order valence-electron chi connectivity index (χ2n) is 5.52. The molecule has 2 heterocycles. The van der Waals surface area contributed by atoms with Crippen molar-refractivity contribution in [2.45, 2.75) is 58.9 Å². The van der Waals surface area contributed by atoms with E-state index in [2.05, 4.69) is 46.9 Å². The lowest BCUT2D eigenvalue weighted by atomic mass is 10.1. The quantitative estimate of drug-likeness (QED) is 0.697. The van der Waals surface area contributed by atoms with Crippen molar-refractivity contribution in [2.24, 2.45) is 0 Å². The summed E-state index contributed by atoms with van der Waals surface area (Å²) >= 11 is 0. The van der Waals surface area contributed by atoms with Crippen LogP contribution in [0.5, 0.6) is 0 Å². The van der Waals surface area contributed by atoms with E-state index >= 15 is 0 Å². The highest BCUT2D eigenvalue weighted by Crippen LogP contribution is 2.11. The number of nitrogens with zero attached hydrogens (tertiary/aromatic N) is 2. The van der Waals surface area contributed by atoms with E-state index in [-0.39, 0.29) is 0 Å². The fourth-order valence-corrected chi connectivity index (χ4v) is 2.61. The summed E-state index contributed by atoms with van der Waals surface area (Å²) in [5.41, 5.74) is 3.46. The van der Waals surface area contributed by atoms with E-state index in [1.165, 1.54) is 44.2 Å². The van der Waals surface area contributed by atoms with Gasteiger partial charge in [0.15, 0.2) is 0 Å². The van der Waals surface area contributed by atoms with E-state index in [9.17, 15) is 0 Å². The van der Waals surface area contributed by atoms with E-state index in [1.54, 1.807) is 0 Å². The van der Waals surface area contributed by atoms with Crippen molar-refractivity contribution in [2.75, 3.05) is 6.54 Å². The first-order chi connectivity index (χ1) is 9.83. The maximum Gasteiger partial charge on any atom is 0.137 e. The number of imidazole rings is 1. The molecule has 0 aliphatic carbocycles. The summed E-state index contributed by atoms with van der Waals surface area (Å²) in [5, 5.41) is 3.55. The lowest BCUT2D eigenvalue weighted by Gasteiger charge is -2.06. The molecular weight excluding hydrogens is 246 g/mol.